The monoisotopic (exact) mass is 96.1 g/mol. The van der Waals surface area contributed by atoms with Gasteiger partial charge in [0.05, 0.1) is 0 Å². The summed E-state index contributed by atoms with van der Waals surface area (Å²) in [4.78, 5) is 9.59. The standard InChI is InChI=1S/C6H8O/c1-2-3-4-5-6-7/h2-4,6H,1,5H2/b4-3+. The molecule has 0 unspecified atom stereocenters. The Labute approximate surface area is 43.3 Å². The molecule has 0 N–H and O–H groups in total. The van der Waals surface area contributed by atoms with Crippen molar-refractivity contribution in [1.29, 1.82) is 0 Å². The van der Waals surface area contributed by atoms with Gasteiger partial charge in [0.1, 0.15) is 6.29 Å². The quantitative estimate of drug-likeness (QED) is 0.382. The summed E-state index contributed by atoms with van der Waals surface area (Å²) in [5.74, 6) is 0. The predicted molar refractivity (Wildman–Crippen MR) is 30.0 cm³/mol. The molecule has 0 fully saturated rings. The van der Waals surface area contributed by atoms with Crippen molar-refractivity contribution in [2.75, 3.05) is 0 Å². The van der Waals surface area contributed by atoms with Crippen LogP contribution in [-0.4, -0.2) is 6.29 Å². The molecule has 0 saturated heterocycles. The first kappa shape index (κ1) is 6.15. The second kappa shape index (κ2) is 5.15. The van der Waals surface area contributed by atoms with Crippen molar-refractivity contribution in [3.63, 3.8) is 0 Å². The predicted octanol–water partition coefficient (Wildman–Crippen LogP) is 1.32. The van der Waals surface area contributed by atoms with Gasteiger partial charge in [0, 0.05) is 6.42 Å². The molecule has 0 aromatic carbocycles. The molecule has 0 saturated carbocycles. The van der Waals surface area contributed by atoms with Crippen LogP contribution in [0.1, 0.15) is 6.42 Å². The van der Waals surface area contributed by atoms with Gasteiger partial charge in [0.25, 0.3) is 0 Å². The van der Waals surface area contributed by atoms with Gasteiger partial charge in [-0.1, -0.05) is 24.8 Å². The fourth-order valence-electron chi connectivity index (χ4n) is 0.230. The highest BCUT2D eigenvalue weighted by Gasteiger charge is 1.64. The van der Waals surface area contributed by atoms with Crippen LogP contribution in [0.15, 0.2) is 24.8 Å². The molecule has 1 heteroatoms. The normalized spacial score (nSPS) is 9.14. The number of rotatable bonds is 3. The van der Waals surface area contributed by atoms with Gasteiger partial charge in [0.15, 0.2) is 0 Å². The SMILES string of the molecule is C=C/C=C/CC=O. The smallest absolute Gasteiger partial charge is 0.123 e. The molecule has 0 rings (SSSR count). The Balaban J connectivity index is 3.08. The Hall–Kier alpha value is -0.850. The zero-order chi connectivity index (χ0) is 5.54. The molecule has 0 aliphatic rings. The van der Waals surface area contributed by atoms with E-state index in [1.807, 2.05) is 0 Å². The summed E-state index contributed by atoms with van der Waals surface area (Å²) in [5.41, 5.74) is 0. The third-order valence-corrected chi connectivity index (χ3v) is 0.504. The average molecular weight is 96.1 g/mol. The van der Waals surface area contributed by atoms with Gasteiger partial charge in [0.2, 0.25) is 0 Å². The van der Waals surface area contributed by atoms with E-state index in [1.165, 1.54) is 0 Å². The lowest BCUT2D eigenvalue weighted by molar-refractivity contribution is -0.107. The molecule has 0 heterocycles. The molecule has 0 bridgehead atoms. The summed E-state index contributed by atoms with van der Waals surface area (Å²) in [6.07, 6.45) is 6.48. The number of aldehydes is 1. The Bertz CT molecular complexity index is 82.2. The topological polar surface area (TPSA) is 17.1 Å². The minimum absolute atomic E-state index is 0.492. The van der Waals surface area contributed by atoms with Crippen LogP contribution in [0.2, 0.25) is 0 Å². The first-order valence-corrected chi connectivity index (χ1v) is 2.13. The van der Waals surface area contributed by atoms with E-state index in [1.54, 1.807) is 18.2 Å². The molecule has 1 nitrogen and oxygen atoms in total. The molecule has 0 spiro atoms. The third kappa shape index (κ3) is 5.15. The van der Waals surface area contributed by atoms with E-state index in [4.69, 9.17) is 0 Å². The van der Waals surface area contributed by atoms with Crippen LogP contribution in [-0.2, 0) is 4.79 Å². The summed E-state index contributed by atoms with van der Waals surface area (Å²) < 4.78 is 0. The summed E-state index contributed by atoms with van der Waals surface area (Å²) >= 11 is 0. The molecule has 38 valence electrons. The van der Waals surface area contributed by atoms with E-state index in [2.05, 4.69) is 6.58 Å². The van der Waals surface area contributed by atoms with E-state index < -0.39 is 0 Å². The van der Waals surface area contributed by atoms with Crippen molar-refractivity contribution in [1.82, 2.24) is 0 Å². The van der Waals surface area contributed by atoms with Crippen LogP contribution >= 0.6 is 0 Å². The van der Waals surface area contributed by atoms with E-state index in [-0.39, 0.29) is 0 Å². The molecular weight excluding hydrogens is 88.1 g/mol. The van der Waals surface area contributed by atoms with Crippen LogP contribution in [0, 0.1) is 0 Å². The first-order chi connectivity index (χ1) is 3.41. The maximum atomic E-state index is 9.59. The van der Waals surface area contributed by atoms with Crippen LogP contribution in [0.3, 0.4) is 0 Å². The second-order valence-corrected chi connectivity index (χ2v) is 1.07. The van der Waals surface area contributed by atoms with Gasteiger partial charge in [-0.25, -0.2) is 0 Å². The first-order valence-electron chi connectivity index (χ1n) is 2.13. The number of allylic oxidation sites excluding steroid dienone is 3. The fourth-order valence-corrected chi connectivity index (χ4v) is 0.230. The highest BCUT2D eigenvalue weighted by atomic mass is 16.1. The third-order valence-electron chi connectivity index (χ3n) is 0.504. The summed E-state index contributed by atoms with van der Waals surface area (Å²) in [6.45, 7) is 3.43. The fraction of sp³-hybridized carbons (Fsp3) is 0.167. The Kier molecular flexibility index (Phi) is 4.52. The van der Waals surface area contributed by atoms with E-state index in [9.17, 15) is 4.79 Å². The maximum absolute atomic E-state index is 9.59. The van der Waals surface area contributed by atoms with Crippen molar-refractivity contribution in [2.24, 2.45) is 0 Å². The Morgan fingerprint density at radius 2 is 2.29 bits per heavy atom. The minimum Gasteiger partial charge on any atom is -0.303 e. The molecule has 0 radical (unpaired) electrons. The lowest BCUT2D eigenvalue weighted by atomic mass is 10.4. The molecule has 0 aliphatic heterocycles. The lowest BCUT2D eigenvalue weighted by Gasteiger charge is -1.68. The van der Waals surface area contributed by atoms with Crippen molar-refractivity contribution < 1.29 is 4.79 Å². The molecule has 0 atom stereocenters. The number of carbonyl (C=O) groups excluding carboxylic acids is 1. The minimum atomic E-state index is 0.492. The molecule has 0 aromatic rings. The molecule has 0 amide bonds. The average Bonchev–Trinajstić information content (AvgIpc) is 1.69. The highest BCUT2D eigenvalue weighted by Crippen LogP contribution is 1.75. The number of hydrogen-bond acceptors (Lipinski definition) is 1. The van der Waals surface area contributed by atoms with Gasteiger partial charge in [-0.3, -0.25) is 0 Å². The maximum Gasteiger partial charge on any atom is 0.123 e. The molecule has 7 heavy (non-hydrogen) atoms. The van der Waals surface area contributed by atoms with Crippen LogP contribution in [0.4, 0.5) is 0 Å². The van der Waals surface area contributed by atoms with Crippen LogP contribution in [0.25, 0.3) is 0 Å². The van der Waals surface area contributed by atoms with E-state index in [0.29, 0.717) is 6.42 Å². The molecular formula is C6H8O. The zero-order valence-corrected chi connectivity index (χ0v) is 4.13. The van der Waals surface area contributed by atoms with Crippen molar-refractivity contribution in [2.45, 2.75) is 6.42 Å². The van der Waals surface area contributed by atoms with Gasteiger partial charge >= 0.3 is 0 Å². The van der Waals surface area contributed by atoms with Crippen molar-refractivity contribution >= 4 is 6.29 Å². The molecule has 0 aromatic heterocycles. The molecule has 0 aliphatic carbocycles. The number of carbonyl (C=O) groups is 1. The van der Waals surface area contributed by atoms with Gasteiger partial charge in [-0.2, -0.15) is 0 Å². The zero-order valence-electron chi connectivity index (χ0n) is 4.13. The van der Waals surface area contributed by atoms with Gasteiger partial charge in [-0.05, 0) is 0 Å². The van der Waals surface area contributed by atoms with Crippen LogP contribution in [0.5, 0.6) is 0 Å². The Morgan fingerprint density at radius 1 is 1.57 bits per heavy atom. The van der Waals surface area contributed by atoms with Gasteiger partial charge in [-0.15, -0.1) is 0 Å². The van der Waals surface area contributed by atoms with E-state index in [0.717, 1.165) is 6.29 Å². The number of hydrogen-bond donors (Lipinski definition) is 0. The summed E-state index contributed by atoms with van der Waals surface area (Å²) in [7, 11) is 0. The summed E-state index contributed by atoms with van der Waals surface area (Å²) in [6, 6.07) is 0. The van der Waals surface area contributed by atoms with Crippen molar-refractivity contribution in [3.05, 3.63) is 24.8 Å². The second-order valence-electron chi connectivity index (χ2n) is 1.07. The van der Waals surface area contributed by atoms with Crippen LogP contribution < -0.4 is 0 Å². The largest absolute Gasteiger partial charge is 0.303 e. The lowest BCUT2D eigenvalue weighted by Crippen LogP contribution is -1.62. The highest BCUT2D eigenvalue weighted by molar-refractivity contribution is 5.51. The van der Waals surface area contributed by atoms with Gasteiger partial charge < -0.3 is 4.79 Å². The summed E-state index contributed by atoms with van der Waals surface area (Å²) in [5, 5.41) is 0. The van der Waals surface area contributed by atoms with Crippen molar-refractivity contribution in [3.8, 4) is 0 Å². The Morgan fingerprint density at radius 3 is 2.71 bits per heavy atom. The van der Waals surface area contributed by atoms with E-state index >= 15 is 0 Å².